The number of carbonyl (C=O) groups excluding carboxylic acids is 1. The first kappa shape index (κ1) is 15.2. The minimum atomic E-state index is -0.939. The van der Waals surface area contributed by atoms with Crippen LogP contribution in [0.2, 0.25) is 0 Å². The molecule has 1 heterocycles. The van der Waals surface area contributed by atoms with Crippen molar-refractivity contribution in [2.45, 2.75) is 20.3 Å². The summed E-state index contributed by atoms with van der Waals surface area (Å²) in [6.07, 6.45) is 0.655. The highest BCUT2D eigenvalue weighted by Crippen LogP contribution is 2.16. The molecule has 0 radical (unpaired) electrons. The van der Waals surface area contributed by atoms with Gasteiger partial charge in [-0.2, -0.15) is 0 Å². The van der Waals surface area contributed by atoms with Gasteiger partial charge in [0.1, 0.15) is 4.88 Å². The van der Waals surface area contributed by atoms with E-state index >= 15 is 0 Å². The van der Waals surface area contributed by atoms with E-state index in [1.807, 2.05) is 13.8 Å². The van der Waals surface area contributed by atoms with Crippen LogP contribution in [0, 0.1) is 13.8 Å². The number of thiazole rings is 1. The zero-order valence-corrected chi connectivity index (χ0v) is 12.7. The molecule has 6 heteroatoms. The Balaban J connectivity index is 1.88. The molecule has 2 aromatic rings. The molecule has 0 aliphatic heterocycles. The summed E-state index contributed by atoms with van der Waals surface area (Å²) >= 11 is 1.39. The van der Waals surface area contributed by atoms with Crippen molar-refractivity contribution < 1.29 is 14.7 Å². The quantitative estimate of drug-likeness (QED) is 0.889. The van der Waals surface area contributed by atoms with Crippen LogP contribution in [0.5, 0.6) is 0 Å². The highest BCUT2D eigenvalue weighted by atomic mass is 32.1. The van der Waals surface area contributed by atoms with Crippen LogP contribution in [0.4, 0.5) is 0 Å². The van der Waals surface area contributed by atoms with Gasteiger partial charge in [-0.3, -0.25) is 4.79 Å². The second kappa shape index (κ2) is 6.49. The molecule has 0 fully saturated rings. The fourth-order valence-corrected chi connectivity index (χ4v) is 2.79. The van der Waals surface area contributed by atoms with Crippen LogP contribution >= 0.6 is 11.3 Å². The molecule has 5 nitrogen and oxygen atoms in total. The van der Waals surface area contributed by atoms with Gasteiger partial charge < -0.3 is 10.4 Å². The monoisotopic (exact) mass is 304 g/mol. The van der Waals surface area contributed by atoms with Crippen molar-refractivity contribution >= 4 is 23.2 Å². The number of hydrogen-bond acceptors (Lipinski definition) is 4. The average Bonchev–Trinajstić information content (AvgIpc) is 2.78. The van der Waals surface area contributed by atoms with Crippen LogP contribution in [0.1, 0.15) is 36.3 Å². The highest BCUT2D eigenvalue weighted by Gasteiger charge is 2.12. The van der Waals surface area contributed by atoms with Crippen molar-refractivity contribution in [2.75, 3.05) is 6.54 Å². The predicted molar refractivity (Wildman–Crippen MR) is 81.0 cm³/mol. The number of carbonyl (C=O) groups is 2. The van der Waals surface area contributed by atoms with E-state index in [-0.39, 0.29) is 11.5 Å². The minimum absolute atomic E-state index is 0.111. The number of aromatic nitrogens is 1. The lowest BCUT2D eigenvalue weighted by Crippen LogP contribution is -2.25. The predicted octanol–water partition coefficient (Wildman–Crippen LogP) is 2.43. The summed E-state index contributed by atoms with van der Waals surface area (Å²) < 4.78 is 0. The maximum Gasteiger partial charge on any atom is 0.335 e. The Bertz CT molecular complexity index is 662. The highest BCUT2D eigenvalue weighted by molar-refractivity contribution is 7.13. The second-order valence-electron chi connectivity index (χ2n) is 4.66. The fourth-order valence-electron chi connectivity index (χ4n) is 1.96. The van der Waals surface area contributed by atoms with Gasteiger partial charge >= 0.3 is 5.97 Å². The number of carboxylic acids is 1. The van der Waals surface area contributed by atoms with E-state index in [1.54, 1.807) is 24.3 Å². The Kier molecular flexibility index (Phi) is 4.70. The third kappa shape index (κ3) is 3.88. The maximum atomic E-state index is 12.0. The zero-order valence-electron chi connectivity index (χ0n) is 11.8. The number of benzene rings is 1. The second-order valence-corrected chi connectivity index (χ2v) is 5.86. The molecule has 2 N–H and O–H groups in total. The van der Waals surface area contributed by atoms with Gasteiger partial charge in [-0.1, -0.05) is 12.1 Å². The Morgan fingerprint density at radius 2 is 1.90 bits per heavy atom. The summed E-state index contributed by atoms with van der Waals surface area (Å²) in [5, 5.41) is 12.5. The number of amides is 1. The van der Waals surface area contributed by atoms with Crippen LogP contribution in [0.15, 0.2) is 24.3 Å². The van der Waals surface area contributed by atoms with Crippen LogP contribution < -0.4 is 5.32 Å². The van der Waals surface area contributed by atoms with Crippen LogP contribution in [-0.4, -0.2) is 28.5 Å². The van der Waals surface area contributed by atoms with E-state index in [0.717, 1.165) is 16.3 Å². The zero-order chi connectivity index (χ0) is 15.4. The summed E-state index contributed by atoms with van der Waals surface area (Å²) in [5.41, 5.74) is 2.00. The van der Waals surface area contributed by atoms with E-state index in [9.17, 15) is 9.59 Å². The molecule has 0 aliphatic rings. The maximum absolute atomic E-state index is 12.0. The molecule has 0 aliphatic carbocycles. The van der Waals surface area contributed by atoms with E-state index in [2.05, 4.69) is 10.3 Å². The number of aromatic carboxylic acids is 1. The van der Waals surface area contributed by atoms with Crippen molar-refractivity contribution in [3.8, 4) is 0 Å². The molecule has 0 unspecified atom stereocenters. The Hall–Kier alpha value is -2.21. The van der Waals surface area contributed by atoms with Crippen molar-refractivity contribution in [3.05, 3.63) is 51.0 Å². The number of aryl methyl sites for hydroxylation is 2. The number of hydrogen-bond donors (Lipinski definition) is 2. The van der Waals surface area contributed by atoms with E-state index in [4.69, 9.17) is 5.11 Å². The lowest BCUT2D eigenvalue weighted by molar-refractivity contribution is 0.0696. The van der Waals surface area contributed by atoms with Crippen LogP contribution in [-0.2, 0) is 6.42 Å². The molecule has 0 saturated carbocycles. The van der Waals surface area contributed by atoms with Gasteiger partial charge in [0.2, 0.25) is 0 Å². The molecule has 0 saturated heterocycles. The van der Waals surface area contributed by atoms with Crippen LogP contribution in [0.3, 0.4) is 0 Å². The topological polar surface area (TPSA) is 79.3 Å². The number of rotatable bonds is 5. The van der Waals surface area contributed by atoms with Gasteiger partial charge in [0.15, 0.2) is 0 Å². The first-order chi connectivity index (χ1) is 9.97. The summed E-state index contributed by atoms with van der Waals surface area (Å²) in [5.74, 6) is -1.05. The molecule has 0 atom stereocenters. The summed E-state index contributed by atoms with van der Waals surface area (Å²) in [6, 6.07) is 6.65. The summed E-state index contributed by atoms with van der Waals surface area (Å²) in [4.78, 5) is 27.6. The van der Waals surface area contributed by atoms with Gasteiger partial charge in [0, 0.05) is 6.54 Å². The molecule has 110 valence electrons. The molecule has 1 amide bonds. The van der Waals surface area contributed by atoms with Gasteiger partial charge in [0.25, 0.3) is 5.91 Å². The summed E-state index contributed by atoms with van der Waals surface area (Å²) in [6.45, 7) is 4.20. The fraction of sp³-hybridized carbons (Fsp3) is 0.267. The SMILES string of the molecule is Cc1nc(C)c(C(=O)NCCc2ccc(C(=O)O)cc2)s1. The Labute approximate surface area is 126 Å². The van der Waals surface area contributed by atoms with Crippen molar-refractivity contribution in [1.29, 1.82) is 0 Å². The molecule has 0 spiro atoms. The number of nitrogens with one attached hydrogen (secondary N) is 1. The Morgan fingerprint density at radius 1 is 1.24 bits per heavy atom. The standard InChI is InChI=1S/C15H16N2O3S/c1-9-13(21-10(2)17-9)14(18)16-8-7-11-3-5-12(6-4-11)15(19)20/h3-6H,7-8H2,1-2H3,(H,16,18)(H,19,20). The van der Waals surface area contributed by atoms with E-state index < -0.39 is 5.97 Å². The number of nitrogens with zero attached hydrogens (tertiary/aromatic N) is 1. The van der Waals surface area contributed by atoms with Crippen LogP contribution in [0.25, 0.3) is 0 Å². The van der Waals surface area contributed by atoms with Gasteiger partial charge in [0.05, 0.1) is 16.3 Å². The molecule has 0 bridgehead atoms. The first-order valence-corrected chi connectivity index (χ1v) is 7.33. The largest absolute Gasteiger partial charge is 0.478 e. The number of carboxylic acid groups (broad SMARTS) is 1. The van der Waals surface area contributed by atoms with Gasteiger partial charge in [-0.15, -0.1) is 11.3 Å². The van der Waals surface area contributed by atoms with Crippen molar-refractivity contribution in [1.82, 2.24) is 10.3 Å². The Morgan fingerprint density at radius 3 is 2.43 bits per heavy atom. The first-order valence-electron chi connectivity index (χ1n) is 6.52. The molecular formula is C15H16N2O3S. The van der Waals surface area contributed by atoms with Gasteiger partial charge in [-0.05, 0) is 38.0 Å². The molecule has 2 rings (SSSR count). The van der Waals surface area contributed by atoms with E-state index in [0.29, 0.717) is 17.8 Å². The summed E-state index contributed by atoms with van der Waals surface area (Å²) in [7, 11) is 0. The lowest BCUT2D eigenvalue weighted by atomic mass is 10.1. The third-order valence-corrected chi connectivity index (χ3v) is 4.08. The smallest absolute Gasteiger partial charge is 0.335 e. The minimum Gasteiger partial charge on any atom is -0.478 e. The normalized spacial score (nSPS) is 10.4. The lowest BCUT2D eigenvalue weighted by Gasteiger charge is -2.05. The third-order valence-electron chi connectivity index (χ3n) is 3.01. The molecule has 1 aromatic carbocycles. The molecule has 21 heavy (non-hydrogen) atoms. The van der Waals surface area contributed by atoms with Crippen molar-refractivity contribution in [3.63, 3.8) is 0 Å². The van der Waals surface area contributed by atoms with E-state index in [1.165, 1.54) is 11.3 Å². The molecule has 1 aromatic heterocycles. The average molecular weight is 304 g/mol. The molecular weight excluding hydrogens is 288 g/mol. The van der Waals surface area contributed by atoms with Gasteiger partial charge in [-0.25, -0.2) is 9.78 Å². The van der Waals surface area contributed by atoms with Crippen molar-refractivity contribution in [2.24, 2.45) is 0 Å².